The summed E-state index contributed by atoms with van der Waals surface area (Å²) < 4.78 is 23.5. The van der Waals surface area contributed by atoms with E-state index in [1.807, 2.05) is 33.8 Å². The predicted molar refractivity (Wildman–Crippen MR) is 150 cm³/mol. The Bertz CT molecular complexity index is 1280. The highest BCUT2D eigenvalue weighted by Gasteiger charge is 2.39. The molecule has 10 nitrogen and oxygen atoms in total. The number of hydrogen-bond donors (Lipinski definition) is 1. The zero-order valence-electron chi connectivity index (χ0n) is 24.0. The number of carbonyl (C=O) groups is 3. The highest BCUT2D eigenvalue weighted by molar-refractivity contribution is 6.06. The van der Waals surface area contributed by atoms with E-state index < -0.39 is 17.3 Å². The molecule has 3 aliphatic heterocycles. The summed E-state index contributed by atoms with van der Waals surface area (Å²) >= 11 is 0. The van der Waals surface area contributed by atoms with Gasteiger partial charge in [-0.25, -0.2) is 19.0 Å². The number of pyridine rings is 1. The lowest BCUT2D eigenvalue weighted by Gasteiger charge is -2.39. The van der Waals surface area contributed by atoms with Crippen molar-refractivity contribution in [3.8, 4) is 0 Å². The van der Waals surface area contributed by atoms with Crippen LogP contribution < -0.4 is 10.2 Å². The molecule has 1 N–H and O–H groups in total. The normalized spacial score (nSPS) is 22.8. The average molecular weight is 557 g/mol. The zero-order chi connectivity index (χ0) is 28.7. The number of rotatable bonds is 4. The van der Waals surface area contributed by atoms with Crippen molar-refractivity contribution in [3.63, 3.8) is 0 Å². The van der Waals surface area contributed by atoms with Crippen molar-refractivity contribution in [1.29, 1.82) is 0 Å². The standard InChI is InChI=1S/C29H41FN6O4/c1-20-18-36(25-23(20)16-22(17-31-25)35-13-8-24(37)32-26(35)38)21-6-5-11-33(12-7-21)19-29(30)9-14-34(15-10-29)27(39)40-28(2,3)4/h16-18,21H,5-15,19H2,1-4H3,(H,32,37,38)/t21-/m1/s1. The second kappa shape index (κ2) is 11.0. The number of ether oxygens (including phenoxy) is 1. The minimum Gasteiger partial charge on any atom is -0.444 e. The topological polar surface area (TPSA) is 100 Å². The molecule has 2 aromatic rings. The molecule has 5 heterocycles. The van der Waals surface area contributed by atoms with Crippen LogP contribution in [0, 0.1) is 6.92 Å². The number of amides is 4. The van der Waals surface area contributed by atoms with E-state index in [1.165, 1.54) is 0 Å². The Morgan fingerprint density at radius 2 is 1.90 bits per heavy atom. The number of urea groups is 1. The molecule has 0 bridgehead atoms. The third-order valence-corrected chi connectivity index (χ3v) is 8.22. The zero-order valence-corrected chi connectivity index (χ0v) is 24.0. The summed E-state index contributed by atoms with van der Waals surface area (Å²) in [6.45, 7) is 10.7. The van der Waals surface area contributed by atoms with Gasteiger partial charge in [-0.15, -0.1) is 0 Å². The number of nitrogens with one attached hydrogen (secondary N) is 1. The van der Waals surface area contributed by atoms with E-state index in [9.17, 15) is 14.4 Å². The smallest absolute Gasteiger partial charge is 0.410 e. The van der Waals surface area contributed by atoms with Crippen LogP contribution >= 0.6 is 0 Å². The van der Waals surface area contributed by atoms with Crippen molar-refractivity contribution < 1.29 is 23.5 Å². The number of nitrogens with zero attached hydrogens (tertiary/aromatic N) is 5. The number of piperidine rings is 1. The van der Waals surface area contributed by atoms with E-state index in [1.54, 1.807) is 16.0 Å². The molecular formula is C29H41FN6O4. The molecular weight excluding hydrogens is 515 g/mol. The Hall–Kier alpha value is -3.21. The third-order valence-electron chi connectivity index (χ3n) is 8.22. The maximum Gasteiger partial charge on any atom is 0.410 e. The fourth-order valence-electron chi connectivity index (χ4n) is 6.07. The minimum atomic E-state index is -1.31. The molecule has 3 aliphatic rings. The number of alkyl halides is 1. The molecule has 0 radical (unpaired) electrons. The van der Waals surface area contributed by atoms with Crippen molar-refractivity contribution >= 4 is 34.8 Å². The van der Waals surface area contributed by atoms with Crippen LogP contribution in [0.15, 0.2) is 18.5 Å². The molecule has 0 saturated carbocycles. The fourth-order valence-corrected chi connectivity index (χ4v) is 6.07. The molecule has 40 heavy (non-hydrogen) atoms. The predicted octanol–water partition coefficient (Wildman–Crippen LogP) is 4.56. The van der Waals surface area contributed by atoms with Crippen LogP contribution in [0.2, 0.25) is 0 Å². The molecule has 0 unspecified atom stereocenters. The summed E-state index contributed by atoms with van der Waals surface area (Å²) in [5.74, 6) is -0.259. The number of fused-ring (bicyclic) bond motifs is 1. The molecule has 3 fully saturated rings. The van der Waals surface area contributed by atoms with Gasteiger partial charge in [-0.1, -0.05) is 0 Å². The van der Waals surface area contributed by atoms with Gasteiger partial charge >= 0.3 is 12.1 Å². The van der Waals surface area contributed by atoms with Crippen molar-refractivity contribution in [2.24, 2.45) is 0 Å². The quantitative estimate of drug-likeness (QED) is 0.593. The summed E-state index contributed by atoms with van der Waals surface area (Å²) in [7, 11) is 0. The van der Waals surface area contributed by atoms with E-state index in [-0.39, 0.29) is 24.5 Å². The lowest BCUT2D eigenvalue weighted by Crippen LogP contribution is -2.50. The molecule has 2 aromatic heterocycles. The van der Waals surface area contributed by atoms with Gasteiger partial charge in [-0.2, -0.15) is 0 Å². The molecule has 0 spiro atoms. The second-order valence-corrected chi connectivity index (χ2v) is 12.5. The number of anilines is 1. The molecule has 218 valence electrons. The fraction of sp³-hybridized carbons (Fsp3) is 0.655. The number of aryl methyl sites for hydroxylation is 1. The van der Waals surface area contributed by atoms with Crippen LogP contribution in [-0.4, -0.2) is 87.9 Å². The highest BCUT2D eigenvalue weighted by atomic mass is 19.1. The average Bonchev–Trinajstić information content (AvgIpc) is 3.03. The van der Waals surface area contributed by atoms with Gasteiger partial charge in [-0.3, -0.25) is 15.0 Å². The van der Waals surface area contributed by atoms with Crippen molar-refractivity contribution in [2.45, 2.75) is 83.5 Å². The van der Waals surface area contributed by atoms with Gasteiger partial charge in [0.2, 0.25) is 5.91 Å². The largest absolute Gasteiger partial charge is 0.444 e. The highest BCUT2D eigenvalue weighted by Crippen LogP contribution is 2.33. The Balaban J connectivity index is 1.20. The van der Waals surface area contributed by atoms with Gasteiger partial charge < -0.3 is 19.1 Å². The molecule has 0 aliphatic carbocycles. The van der Waals surface area contributed by atoms with E-state index in [4.69, 9.17) is 9.72 Å². The van der Waals surface area contributed by atoms with Gasteiger partial charge in [-0.05, 0) is 65.1 Å². The lowest BCUT2D eigenvalue weighted by molar-refractivity contribution is -0.120. The molecule has 1 atom stereocenters. The molecule has 4 amide bonds. The van der Waals surface area contributed by atoms with E-state index in [0.717, 1.165) is 48.9 Å². The van der Waals surface area contributed by atoms with Crippen LogP contribution in [0.25, 0.3) is 11.0 Å². The van der Waals surface area contributed by atoms with Crippen LogP contribution in [-0.2, 0) is 9.53 Å². The van der Waals surface area contributed by atoms with Gasteiger partial charge in [0.1, 0.15) is 16.9 Å². The summed E-state index contributed by atoms with van der Waals surface area (Å²) in [4.78, 5) is 46.4. The van der Waals surface area contributed by atoms with E-state index >= 15 is 4.39 Å². The first-order valence-corrected chi connectivity index (χ1v) is 14.4. The summed E-state index contributed by atoms with van der Waals surface area (Å²) in [5, 5.41) is 3.35. The number of hydrogen-bond acceptors (Lipinski definition) is 6. The Morgan fingerprint density at radius 1 is 1.15 bits per heavy atom. The van der Waals surface area contributed by atoms with Crippen molar-refractivity contribution in [1.82, 2.24) is 24.7 Å². The van der Waals surface area contributed by atoms with Crippen LogP contribution in [0.4, 0.5) is 19.7 Å². The number of aromatic nitrogens is 2. The summed E-state index contributed by atoms with van der Waals surface area (Å²) in [6, 6.07) is 1.81. The van der Waals surface area contributed by atoms with E-state index in [0.29, 0.717) is 44.7 Å². The Kier molecular flexibility index (Phi) is 7.78. The van der Waals surface area contributed by atoms with E-state index in [2.05, 4.69) is 21.0 Å². The second-order valence-electron chi connectivity index (χ2n) is 12.5. The number of halogens is 1. The molecule has 11 heteroatoms. The van der Waals surface area contributed by atoms with Crippen LogP contribution in [0.5, 0.6) is 0 Å². The molecule has 3 saturated heterocycles. The van der Waals surface area contributed by atoms with Gasteiger partial charge in [0.25, 0.3) is 0 Å². The van der Waals surface area contributed by atoms with Crippen molar-refractivity contribution in [2.75, 3.05) is 44.2 Å². The monoisotopic (exact) mass is 556 g/mol. The van der Waals surface area contributed by atoms with Gasteiger partial charge in [0.15, 0.2) is 0 Å². The summed E-state index contributed by atoms with van der Waals surface area (Å²) in [5.41, 5.74) is 0.772. The lowest BCUT2D eigenvalue weighted by atomic mass is 9.92. The first-order valence-electron chi connectivity index (χ1n) is 14.4. The van der Waals surface area contributed by atoms with Crippen LogP contribution in [0.3, 0.4) is 0 Å². The van der Waals surface area contributed by atoms with Gasteiger partial charge in [0.05, 0.1) is 11.9 Å². The third kappa shape index (κ3) is 6.24. The molecule has 5 rings (SSSR count). The van der Waals surface area contributed by atoms with Crippen LogP contribution in [0.1, 0.15) is 70.9 Å². The minimum absolute atomic E-state index is 0.250. The number of carbonyl (C=O) groups excluding carboxylic acids is 3. The van der Waals surface area contributed by atoms with Gasteiger partial charge in [0, 0.05) is 69.6 Å². The maximum absolute atomic E-state index is 15.8. The Morgan fingerprint density at radius 3 is 2.60 bits per heavy atom. The molecule has 0 aromatic carbocycles. The van der Waals surface area contributed by atoms with Crippen molar-refractivity contribution in [3.05, 3.63) is 24.0 Å². The summed E-state index contributed by atoms with van der Waals surface area (Å²) in [6.07, 6.45) is 7.21. The SMILES string of the molecule is Cc1cn([C@@H]2CCCN(CC3(F)CCN(C(=O)OC(C)(C)C)CC3)CC2)c2ncc(N3CCC(=O)NC3=O)cc12. The first kappa shape index (κ1) is 28.3. The maximum atomic E-state index is 15.8. The Labute approximate surface area is 234 Å². The first-order chi connectivity index (χ1) is 18.9. The number of likely N-dealkylation sites (tertiary alicyclic amines) is 2. The number of imide groups is 1.